The Morgan fingerprint density at radius 3 is 2.03 bits per heavy atom. The first-order valence-electron chi connectivity index (χ1n) is 10.0. The molecule has 0 saturated carbocycles. The maximum Gasteiger partial charge on any atom is 0.573 e. The van der Waals surface area contributed by atoms with Gasteiger partial charge in [-0.15, -0.1) is 13.2 Å². The van der Waals surface area contributed by atoms with E-state index in [4.69, 9.17) is 4.74 Å². The summed E-state index contributed by atoms with van der Waals surface area (Å²) in [4.78, 5) is 28.4. The van der Waals surface area contributed by atoms with Gasteiger partial charge < -0.3 is 24.4 Å². The van der Waals surface area contributed by atoms with Crippen LogP contribution in [0.15, 0.2) is 48.5 Å². The number of amides is 2. The number of phenols is 1. The van der Waals surface area contributed by atoms with Gasteiger partial charge in [0.25, 0.3) is 5.91 Å². The van der Waals surface area contributed by atoms with Gasteiger partial charge in [-0.3, -0.25) is 4.79 Å². The fourth-order valence-electron chi connectivity index (χ4n) is 4.12. The maximum atomic E-state index is 12.6. The molecular formula is C22H21F3N2O5. The zero-order valence-electron chi connectivity index (χ0n) is 16.9. The van der Waals surface area contributed by atoms with E-state index in [-0.39, 0.29) is 35.8 Å². The van der Waals surface area contributed by atoms with Gasteiger partial charge in [-0.05, 0) is 42.0 Å². The molecule has 4 rings (SSSR count). The van der Waals surface area contributed by atoms with Gasteiger partial charge in [-0.2, -0.15) is 0 Å². The van der Waals surface area contributed by atoms with Crippen LogP contribution in [0.1, 0.15) is 15.9 Å². The minimum Gasteiger partial charge on any atom is -0.508 e. The Kier molecular flexibility index (Phi) is 5.86. The molecule has 2 aliphatic rings. The van der Waals surface area contributed by atoms with Crippen LogP contribution in [0.4, 0.5) is 18.0 Å². The number of benzene rings is 2. The van der Waals surface area contributed by atoms with Gasteiger partial charge in [0.15, 0.2) is 0 Å². The summed E-state index contributed by atoms with van der Waals surface area (Å²) >= 11 is 0. The second kappa shape index (κ2) is 8.60. The number of fused-ring (bicyclic) bond motifs is 1. The number of aromatic hydroxyl groups is 1. The molecule has 32 heavy (non-hydrogen) atoms. The molecule has 2 amide bonds. The van der Waals surface area contributed by atoms with Gasteiger partial charge in [0, 0.05) is 43.6 Å². The number of likely N-dealkylation sites (tertiary alicyclic amines) is 2. The van der Waals surface area contributed by atoms with Crippen LogP contribution < -0.4 is 4.74 Å². The van der Waals surface area contributed by atoms with Crippen molar-refractivity contribution in [3.8, 4) is 11.5 Å². The van der Waals surface area contributed by atoms with Crippen LogP contribution in [0, 0.1) is 11.8 Å². The zero-order valence-corrected chi connectivity index (χ0v) is 16.9. The van der Waals surface area contributed by atoms with E-state index in [9.17, 15) is 27.9 Å². The zero-order chi connectivity index (χ0) is 22.9. The minimum absolute atomic E-state index is 0.0670. The van der Waals surface area contributed by atoms with Crippen molar-refractivity contribution < 1.29 is 37.3 Å². The average molecular weight is 450 g/mol. The second-order valence-corrected chi connectivity index (χ2v) is 7.93. The van der Waals surface area contributed by atoms with Crippen LogP contribution >= 0.6 is 0 Å². The van der Waals surface area contributed by atoms with Gasteiger partial charge in [0.1, 0.15) is 18.1 Å². The van der Waals surface area contributed by atoms with Crippen molar-refractivity contribution in [1.29, 1.82) is 0 Å². The van der Waals surface area contributed by atoms with Gasteiger partial charge in [0.2, 0.25) is 0 Å². The van der Waals surface area contributed by atoms with Crippen molar-refractivity contribution in [1.82, 2.24) is 9.80 Å². The SMILES string of the molecule is O=C(OCc1ccc(OC(F)(F)F)cc1)N1CC2CN(C(=O)c3ccc(O)cc3)CC2C1. The molecule has 2 fully saturated rings. The molecule has 0 aliphatic carbocycles. The van der Waals surface area contributed by atoms with Crippen LogP contribution in [-0.4, -0.2) is 59.4 Å². The summed E-state index contributed by atoms with van der Waals surface area (Å²) < 4.78 is 45.7. The van der Waals surface area contributed by atoms with E-state index in [2.05, 4.69) is 4.74 Å². The van der Waals surface area contributed by atoms with Gasteiger partial charge in [-0.25, -0.2) is 4.79 Å². The largest absolute Gasteiger partial charge is 0.573 e. The molecule has 2 aliphatic heterocycles. The number of nitrogens with zero attached hydrogens (tertiary/aromatic N) is 2. The lowest BCUT2D eigenvalue weighted by Crippen LogP contribution is -2.35. The Balaban J connectivity index is 1.25. The van der Waals surface area contributed by atoms with Crippen LogP contribution in [0.5, 0.6) is 11.5 Å². The van der Waals surface area contributed by atoms with Crippen molar-refractivity contribution in [2.75, 3.05) is 26.2 Å². The lowest BCUT2D eigenvalue weighted by molar-refractivity contribution is -0.274. The molecule has 0 aromatic heterocycles. The third-order valence-electron chi connectivity index (χ3n) is 5.67. The Bertz CT molecular complexity index is 965. The molecule has 2 aromatic rings. The number of carbonyl (C=O) groups excluding carboxylic acids is 2. The summed E-state index contributed by atoms with van der Waals surface area (Å²) in [6.07, 6.45) is -5.25. The van der Waals surface area contributed by atoms with Gasteiger partial charge >= 0.3 is 12.5 Å². The molecule has 0 radical (unpaired) electrons. The number of phenolic OH excluding ortho intramolecular Hbond substituents is 1. The van der Waals surface area contributed by atoms with E-state index in [0.717, 1.165) is 12.1 Å². The molecule has 7 nitrogen and oxygen atoms in total. The highest BCUT2D eigenvalue weighted by Gasteiger charge is 2.43. The van der Waals surface area contributed by atoms with Crippen LogP contribution in [0.25, 0.3) is 0 Å². The first kappa shape index (κ1) is 21.8. The summed E-state index contributed by atoms with van der Waals surface area (Å²) in [7, 11) is 0. The highest BCUT2D eigenvalue weighted by atomic mass is 19.4. The molecule has 0 bridgehead atoms. The number of carbonyl (C=O) groups is 2. The van der Waals surface area contributed by atoms with E-state index < -0.39 is 12.5 Å². The van der Waals surface area contributed by atoms with Crippen molar-refractivity contribution in [3.63, 3.8) is 0 Å². The third-order valence-corrected chi connectivity index (χ3v) is 5.67. The first-order valence-corrected chi connectivity index (χ1v) is 10.0. The highest BCUT2D eigenvalue weighted by molar-refractivity contribution is 5.94. The lowest BCUT2D eigenvalue weighted by atomic mass is 10.0. The summed E-state index contributed by atoms with van der Waals surface area (Å²) in [5, 5.41) is 9.36. The van der Waals surface area contributed by atoms with Crippen molar-refractivity contribution >= 4 is 12.0 Å². The third kappa shape index (κ3) is 5.06. The fourth-order valence-corrected chi connectivity index (χ4v) is 4.12. The molecule has 2 heterocycles. The fraction of sp³-hybridized carbons (Fsp3) is 0.364. The Morgan fingerprint density at radius 1 is 0.906 bits per heavy atom. The minimum atomic E-state index is -4.76. The van der Waals surface area contributed by atoms with E-state index in [0.29, 0.717) is 37.3 Å². The van der Waals surface area contributed by atoms with E-state index in [1.54, 1.807) is 21.9 Å². The topological polar surface area (TPSA) is 79.3 Å². The molecular weight excluding hydrogens is 429 g/mol. The van der Waals surface area contributed by atoms with Crippen LogP contribution in [-0.2, 0) is 11.3 Å². The normalized spacial score (nSPS) is 20.2. The number of halogens is 3. The Hall–Kier alpha value is -3.43. The number of alkyl halides is 3. The Labute approximate surface area is 181 Å². The number of hydrogen-bond donors (Lipinski definition) is 1. The summed E-state index contributed by atoms with van der Waals surface area (Å²) in [6, 6.07) is 11.2. The predicted octanol–water partition coefficient (Wildman–Crippen LogP) is 3.63. The highest BCUT2D eigenvalue weighted by Crippen LogP contribution is 2.32. The van der Waals surface area contributed by atoms with Gasteiger partial charge in [0.05, 0.1) is 0 Å². The molecule has 1 N–H and O–H groups in total. The number of hydrogen-bond acceptors (Lipinski definition) is 5. The lowest BCUT2D eigenvalue weighted by Gasteiger charge is -2.21. The maximum absolute atomic E-state index is 12.6. The molecule has 170 valence electrons. The van der Waals surface area contributed by atoms with Crippen molar-refractivity contribution in [2.24, 2.45) is 11.8 Å². The molecule has 2 atom stereocenters. The molecule has 10 heteroatoms. The standard InChI is InChI=1S/C22H21F3N2O5/c23-22(24,25)32-19-7-1-14(2-8-19)13-31-21(30)27-11-16-9-26(10-17(16)12-27)20(29)15-3-5-18(28)6-4-15/h1-8,16-17,28H,9-13H2. The number of rotatable bonds is 4. The van der Waals surface area contributed by atoms with E-state index >= 15 is 0 Å². The average Bonchev–Trinajstić information content (AvgIpc) is 3.31. The number of ether oxygens (including phenoxy) is 2. The summed E-state index contributed by atoms with van der Waals surface area (Å²) in [6.45, 7) is 1.95. The molecule has 2 saturated heterocycles. The van der Waals surface area contributed by atoms with Crippen molar-refractivity contribution in [3.05, 3.63) is 59.7 Å². The second-order valence-electron chi connectivity index (χ2n) is 7.93. The van der Waals surface area contributed by atoms with Crippen molar-refractivity contribution in [2.45, 2.75) is 13.0 Å². The quantitative estimate of drug-likeness (QED) is 0.770. The van der Waals surface area contributed by atoms with Crippen LogP contribution in [0.3, 0.4) is 0 Å². The van der Waals surface area contributed by atoms with E-state index in [1.807, 2.05) is 0 Å². The van der Waals surface area contributed by atoms with E-state index in [1.165, 1.54) is 24.3 Å². The first-order chi connectivity index (χ1) is 15.2. The van der Waals surface area contributed by atoms with Gasteiger partial charge in [-0.1, -0.05) is 12.1 Å². The summed E-state index contributed by atoms with van der Waals surface area (Å²) in [5.41, 5.74) is 1.05. The van der Waals surface area contributed by atoms with Crippen LogP contribution in [0.2, 0.25) is 0 Å². The summed E-state index contributed by atoms with van der Waals surface area (Å²) in [5.74, 6) is -0.0396. The molecule has 0 spiro atoms. The monoisotopic (exact) mass is 450 g/mol. The smallest absolute Gasteiger partial charge is 0.508 e. The molecule has 2 unspecified atom stereocenters. The predicted molar refractivity (Wildman–Crippen MR) is 106 cm³/mol. The Morgan fingerprint density at radius 2 is 1.47 bits per heavy atom. The molecule has 2 aromatic carbocycles.